The van der Waals surface area contributed by atoms with Gasteiger partial charge in [-0.25, -0.2) is 0 Å². The number of rotatable bonds is 9. The SMILES string of the molecule is CN1CCN(C(=O)c2ccc(CN(C(=O)c3cc(-c4cc5c(cc4C(=O)N4Cc6ccccc6C[C@H]4CN4CCOCC4)OCO5)n4c3CCCC4)c3ccc(O)cc3)cc2)CC1. The number of hydrogen-bond acceptors (Lipinski definition) is 9. The molecule has 6 heterocycles. The maximum Gasteiger partial charge on any atom is 0.260 e. The molecule has 0 aliphatic carbocycles. The fraction of sp³-hybridized carbons (Fsp3) is 0.380. The van der Waals surface area contributed by atoms with E-state index in [0.29, 0.717) is 85.3 Å². The molecular formula is C50H54N6O7. The Morgan fingerprint density at radius 1 is 0.762 bits per heavy atom. The van der Waals surface area contributed by atoms with E-state index in [1.807, 2.05) is 58.3 Å². The summed E-state index contributed by atoms with van der Waals surface area (Å²) in [6, 6.07) is 28.2. The molecule has 0 saturated carbocycles. The lowest BCUT2D eigenvalue weighted by molar-refractivity contribution is 0.0193. The molecular weight excluding hydrogens is 797 g/mol. The van der Waals surface area contributed by atoms with Crippen molar-refractivity contribution >= 4 is 23.4 Å². The number of hydrogen-bond donors (Lipinski definition) is 1. The number of benzene rings is 4. The summed E-state index contributed by atoms with van der Waals surface area (Å²) in [5.41, 5.74) is 8.00. The fourth-order valence-electron chi connectivity index (χ4n) is 9.83. The van der Waals surface area contributed by atoms with Crippen LogP contribution in [0, 0.1) is 0 Å². The lowest BCUT2D eigenvalue weighted by Gasteiger charge is -2.40. The van der Waals surface area contributed by atoms with E-state index in [-0.39, 0.29) is 42.9 Å². The summed E-state index contributed by atoms with van der Waals surface area (Å²) >= 11 is 0. The van der Waals surface area contributed by atoms with Gasteiger partial charge < -0.3 is 43.5 Å². The molecule has 1 aromatic heterocycles. The molecule has 2 fully saturated rings. The van der Waals surface area contributed by atoms with E-state index < -0.39 is 0 Å². The van der Waals surface area contributed by atoms with Crippen molar-refractivity contribution in [3.8, 4) is 28.5 Å². The van der Waals surface area contributed by atoms with Crippen molar-refractivity contribution in [2.45, 2.75) is 51.4 Å². The molecule has 0 spiro atoms. The minimum atomic E-state index is -0.193. The van der Waals surface area contributed by atoms with E-state index in [9.17, 15) is 9.90 Å². The molecule has 3 amide bonds. The Hall–Kier alpha value is -6.15. The highest BCUT2D eigenvalue weighted by Crippen LogP contribution is 2.42. The van der Waals surface area contributed by atoms with Gasteiger partial charge in [0.05, 0.1) is 30.9 Å². The van der Waals surface area contributed by atoms with Crippen molar-refractivity contribution in [1.82, 2.24) is 24.2 Å². The minimum Gasteiger partial charge on any atom is -0.508 e. The Morgan fingerprint density at radius 2 is 1.49 bits per heavy atom. The second-order valence-electron chi connectivity index (χ2n) is 17.4. The molecule has 10 rings (SSSR count). The van der Waals surface area contributed by atoms with Gasteiger partial charge in [-0.1, -0.05) is 36.4 Å². The number of likely N-dealkylation sites (N-methyl/N-ethyl adjacent to an activating group) is 1. The average molecular weight is 851 g/mol. The third-order valence-corrected chi connectivity index (χ3v) is 13.4. The quantitative estimate of drug-likeness (QED) is 0.189. The molecule has 5 aliphatic heterocycles. The van der Waals surface area contributed by atoms with Gasteiger partial charge in [-0.05, 0) is 104 Å². The number of ether oxygens (including phenoxy) is 3. The van der Waals surface area contributed by atoms with Crippen molar-refractivity contribution in [3.05, 3.63) is 130 Å². The number of fused-ring (bicyclic) bond motifs is 3. The summed E-state index contributed by atoms with van der Waals surface area (Å²) in [6.07, 6.45) is 3.31. The topological polar surface area (TPSA) is 120 Å². The first-order valence-electron chi connectivity index (χ1n) is 22.3. The summed E-state index contributed by atoms with van der Waals surface area (Å²) < 4.78 is 19.7. The zero-order valence-corrected chi connectivity index (χ0v) is 35.8. The molecule has 2 saturated heterocycles. The number of carbonyl (C=O) groups excluding carboxylic acids is 3. The van der Waals surface area contributed by atoms with E-state index in [4.69, 9.17) is 14.2 Å². The zero-order chi connectivity index (χ0) is 43.0. The summed E-state index contributed by atoms with van der Waals surface area (Å²) in [5, 5.41) is 10.3. The van der Waals surface area contributed by atoms with Crippen molar-refractivity contribution in [1.29, 1.82) is 0 Å². The van der Waals surface area contributed by atoms with E-state index in [1.54, 1.807) is 29.2 Å². The van der Waals surface area contributed by atoms with Gasteiger partial charge in [0, 0.05) is 93.1 Å². The number of aromatic hydroxyl groups is 1. The predicted molar refractivity (Wildman–Crippen MR) is 238 cm³/mol. The molecule has 5 aromatic rings. The molecule has 0 radical (unpaired) electrons. The predicted octanol–water partition coefficient (Wildman–Crippen LogP) is 6.06. The number of morpholine rings is 1. The molecule has 326 valence electrons. The van der Waals surface area contributed by atoms with Gasteiger partial charge in [0.1, 0.15) is 5.75 Å². The smallest absolute Gasteiger partial charge is 0.260 e. The number of nitrogens with zero attached hydrogens (tertiary/aromatic N) is 6. The van der Waals surface area contributed by atoms with Crippen molar-refractivity contribution in [3.63, 3.8) is 0 Å². The normalized spacial score (nSPS) is 18.8. The van der Waals surface area contributed by atoms with Crippen LogP contribution in [0.5, 0.6) is 17.2 Å². The first kappa shape index (κ1) is 40.9. The second kappa shape index (κ2) is 17.5. The first-order valence-corrected chi connectivity index (χ1v) is 22.3. The van der Waals surface area contributed by atoms with Crippen LogP contribution in [0.3, 0.4) is 0 Å². The molecule has 1 N–H and O–H groups in total. The van der Waals surface area contributed by atoms with Crippen molar-refractivity contribution in [2.75, 3.05) is 77.8 Å². The molecule has 63 heavy (non-hydrogen) atoms. The molecule has 0 unspecified atom stereocenters. The third-order valence-electron chi connectivity index (χ3n) is 13.4. The lowest BCUT2D eigenvalue weighted by atomic mass is 9.92. The van der Waals surface area contributed by atoms with Crippen LogP contribution in [0.1, 0.15) is 66.3 Å². The average Bonchev–Trinajstić information content (AvgIpc) is 3.95. The van der Waals surface area contributed by atoms with E-state index >= 15 is 9.59 Å². The number of phenolic OH excluding ortho intramolecular Hbond substituents is 1. The first-order chi connectivity index (χ1) is 30.8. The highest BCUT2D eigenvalue weighted by molar-refractivity contribution is 6.09. The van der Waals surface area contributed by atoms with Gasteiger partial charge in [-0.3, -0.25) is 19.3 Å². The number of amides is 3. The Labute approximate surface area is 367 Å². The minimum absolute atomic E-state index is 0.00757. The molecule has 13 heteroatoms. The Kier molecular flexibility index (Phi) is 11.4. The van der Waals surface area contributed by atoms with Crippen molar-refractivity contribution < 1.29 is 33.7 Å². The van der Waals surface area contributed by atoms with Crippen LogP contribution >= 0.6 is 0 Å². The van der Waals surface area contributed by atoms with Crippen LogP contribution in [-0.2, 0) is 37.2 Å². The summed E-state index contributed by atoms with van der Waals surface area (Å²) in [7, 11) is 2.07. The van der Waals surface area contributed by atoms with E-state index in [1.165, 1.54) is 5.56 Å². The van der Waals surface area contributed by atoms with Crippen LogP contribution in [0.15, 0.2) is 91.0 Å². The van der Waals surface area contributed by atoms with Gasteiger partial charge in [-0.2, -0.15) is 0 Å². The highest BCUT2D eigenvalue weighted by atomic mass is 16.7. The molecule has 13 nitrogen and oxygen atoms in total. The zero-order valence-electron chi connectivity index (χ0n) is 35.8. The number of piperazine rings is 1. The Morgan fingerprint density at radius 3 is 2.25 bits per heavy atom. The fourth-order valence-corrected chi connectivity index (χ4v) is 9.83. The standard InChI is InChI=1S/C50H54N6O7/c1-51-18-20-53(21-19-51)48(58)35-11-9-34(10-12-35)30-55(38-13-15-40(57)16-14-38)50(60)43-27-45(54-17-5-4-8-44(43)54)41-28-46-47(63-33-62-46)29-42(41)49(59)56-31-37-7-3-2-6-36(37)26-39(56)32-52-22-24-61-25-23-52/h2-3,6-7,9-16,27-29,39,57H,4-5,8,17-26,30-33H2,1H3/t39-/m0/s1. The molecule has 1 atom stereocenters. The monoisotopic (exact) mass is 850 g/mol. The van der Waals surface area contributed by atoms with Gasteiger partial charge in [0.25, 0.3) is 17.7 Å². The Balaban J connectivity index is 1.01. The number of anilines is 1. The van der Waals surface area contributed by atoms with Crippen LogP contribution in [0.25, 0.3) is 11.3 Å². The Bertz CT molecular complexity index is 2510. The number of aromatic nitrogens is 1. The van der Waals surface area contributed by atoms with E-state index in [2.05, 4.69) is 39.6 Å². The summed E-state index contributed by atoms with van der Waals surface area (Å²) in [4.78, 5) is 54.2. The maximum atomic E-state index is 15.3. The molecule has 4 aromatic carbocycles. The third kappa shape index (κ3) is 8.28. The highest BCUT2D eigenvalue weighted by Gasteiger charge is 2.36. The van der Waals surface area contributed by atoms with Crippen LogP contribution in [0.2, 0.25) is 0 Å². The van der Waals surface area contributed by atoms with Gasteiger partial charge in [-0.15, -0.1) is 0 Å². The molecule has 5 aliphatic rings. The lowest BCUT2D eigenvalue weighted by Crippen LogP contribution is -2.52. The number of carbonyl (C=O) groups is 3. The van der Waals surface area contributed by atoms with Crippen LogP contribution < -0.4 is 14.4 Å². The molecule has 0 bridgehead atoms. The maximum absolute atomic E-state index is 15.3. The van der Waals surface area contributed by atoms with Crippen LogP contribution in [-0.4, -0.2) is 126 Å². The van der Waals surface area contributed by atoms with Crippen molar-refractivity contribution in [2.24, 2.45) is 0 Å². The summed E-state index contributed by atoms with van der Waals surface area (Å²) in [6.45, 7) is 8.29. The summed E-state index contributed by atoms with van der Waals surface area (Å²) in [5.74, 6) is 0.923. The van der Waals surface area contributed by atoms with Gasteiger partial charge in [0.15, 0.2) is 11.5 Å². The largest absolute Gasteiger partial charge is 0.508 e. The van der Waals surface area contributed by atoms with Gasteiger partial charge >= 0.3 is 0 Å². The van der Waals surface area contributed by atoms with E-state index in [0.717, 1.165) is 74.5 Å². The van der Waals surface area contributed by atoms with Crippen LogP contribution in [0.4, 0.5) is 5.69 Å². The van der Waals surface area contributed by atoms with Gasteiger partial charge in [0.2, 0.25) is 6.79 Å². The second-order valence-corrected chi connectivity index (χ2v) is 17.4. The number of phenols is 1.